The molecule has 0 aliphatic rings. The summed E-state index contributed by atoms with van der Waals surface area (Å²) in [5.74, 6) is -0.118. The summed E-state index contributed by atoms with van der Waals surface area (Å²) in [4.78, 5) is 24.7. The van der Waals surface area contributed by atoms with Crippen molar-refractivity contribution in [1.29, 1.82) is 0 Å². The van der Waals surface area contributed by atoms with Crippen LogP contribution in [-0.2, 0) is 9.59 Å². The zero-order valence-electron chi connectivity index (χ0n) is 14.5. The molecule has 22 heavy (non-hydrogen) atoms. The quantitative estimate of drug-likeness (QED) is 0.720. The predicted molar refractivity (Wildman–Crippen MR) is 89.2 cm³/mol. The molecule has 0 fully saturated rings. The van der Waals surface area contributed by atoms with E-state index < -0.39 is 0 Å². The number of hydrogen-bond acceptors (Lipinski definition) is 2. The van der Waals surface area contributed by atoms with Crippen LogP contribution in [0.1, 0.15) is 30.5 Å². The fraction of sp³-hybridized carbons (Fsp3) is 0.529. The van der Waals surface area contributed by atoms with Crippen molar-refractivity contribution in [2.45, 2.75) is 40.7 Å². The second kappa shape index (κ2) is 7.94. The van der Waals surface area contributed by atoms with Crippen molar-refractivity contribution in [2.75, 3.05) is 25.5 Å². The van der Waals surface area contributed by atoms with Crippen LogP contribution in [0.4, 0.5) is 5.69 Å². The first-order valence-corrected chi connectivity index (χ1v) is 7.67. The van der Waals surface area contributed by atoms with Gasteiger partial charge in [-0.05, 0) is 45.7 Å². The molecule has 0 saturated heterocycles. The summed E-state index contributed by atoms with van der Waals surface area (Å²) >= 11 is 0. The van der Waals surface area contributed by atoms with Crippen LogP contribution in [-0.4, -0.2) is 38.0 Å². The molecule has 1 atom stereocenters. The van der Waals surface area contributed by atoms with E-state index in [0.717, 1.165) is 21.7 Å². The normalized spacial score (nSPS) is 12.1. The molecule has 122 valence electrons. The Bertz CT molecular complexity index is 530. The molecule has 0 aliphatic heterocycles. The van der Waals surface area contributed by atoms with Crippen LogP contribution in [0.3, 0.4) is 0 Å². The fourth-order valence-corrected chi connectivity index (χ4v) is 2.54. The van der Waals surface area contributed by atoms with Crippen molar-refractivity contribution >= 4 is 17.5 Å². The molecule has 1 aromatic carbocycles. The Kier molecular flexibility index (Phi) is 6.56. The van der Waals surface area contributed by atoms with Gasteiger partial charge in [-0.2, -0.15) is 0 Å². The zero-order chi connectivity index (χ0) is 16.9. The van der Waals surface area contributed by atoms with Crippen LogP contribution in [0.2, 0.25) is 0 Å². The fourth-order valence-electron chi connectivity index (χ4n) is 2.54. The number of nitrogens with one attached hydrogen (secondary N) is 3. The van der Waals surface area contributed by atoms with Crippen molar-refractivity contribution in [3.63, 3.8) is 0 Å². The average molecular weight is 306 g/mol. The number of benzene rings is 1. The van der Waals surface area contributed by atoms with E-state index in [0.29, 0.717) is 0 Å². The number of aryl methyl sites for hydroxylation is 3. The van der Waals surface area contributed by atoms with Gasteiger partial charge in [0.15, 0.2) is 13.1 Å². The molecular weight excluding hydrogens is 278 g/mol. The van der Waals surface area contributed by atoms with Gasteiger partial charge in [0.05, 0.1) is 7.05 Å². The van der Waals surface area contributed by atoms with Crippen molar-refractivity contribution in [3.8, 4) is 0 Å². The van der Waals surface area contributed by atoms with Crippen LogP contribution in [0.5, 0.6) is 0 Å². The highest BCUT2D eigenvalue weighted by molar-refractivity contribution is 5.93. The van der Waals surface area contributed by atoms with Gasteiger partial charge in [0.25, 0.3) is 11.8 Å². The molecule has 0 heterocycles. The minimum atomic E-state index is -0.0788. The first-order valence-electron chi connectivity index (χ1n) is 7.67. The van der Waals surface area contributed by atoms with Gasteiger partial charge in [-0.25, -0.2) is 0 Å². The highest BCUT2D eigenvalue weighted by Crippen LogP contribution is 2.21. The van der Waals surface area contributed by atoms with Crippen molar-refractivity contribution < 1.29 is 14.5 Å². The number of anilines is 1. The molecule has 3 N–H and O–H groups in total. The van der Waals surface area contributed by atoms with Crippen LogP contribution in [0.15, 0.2) is 12.1 Å². The van der Waals surface area contributed by atoms with E-state index in [9.17, 15) is 9.59 Å². The van der Waals surface area contributed by atoms with Gasteiger partial charge >= 0.3 is 0 Å². The number of carbonyl (C=O) groups excluding carboxylic acids is 2. The van der Waals surface area contributed by atoms with E-state index in [-0.39, 0.29) is 30.9 Å². The topological polar surface area (TPSA) is 62.6 Å². The molecular formula is C17H28N3O2+. The zero-order valence-corrected chi connectivity index (χ0v) is 14.5. The summed E-state index contributed by atoms with van der Waals surface area (Å²) in [6.45, 7) is 10.4. The first kappa shape index (κ1) is 18.2. The lowest BCUT2D eigenvalue weighted by Gasteiger charge is -2.16. The van der Waals surface area contributed by atoms with E-state index in [4.69, 9.17) is 0 Å². The predicted octanol–water partition coefficient (Wildman–Crippen LogP) is 0.590. The summed E-state index contributed by atoms with van der Waals surface area (Å²) in [6.07, 6.45) is 0. The maximum Gasteiger partial charge on any atom is 0.279 e. The molecule has 5 heteroatoms. The number of amides is 2. The van der Waals surface area contributed by atoms with Gasteiger partial charge in [-0.1, -0.05) is 17.7 Å². The lowest BCUT2D eigenvalue weighted by atomic mass is 10.1. The molecule has 0 bridgehead atoms. The Balaban J connectivity index is 2.58. The SMILES string of the molecule is Cc1cc(C)c(NC(=O)C[NH+](C)CC(=O)NC(C)C)c(C)c1. The Morgan fingerprint density at radius 1 is 1.05 bits per heavy atom. The third-order valence-corrected chi connectivity index (χ3v) is 3.32. The van der Waals surface area contributed by atoms with Gasteiger partial charge in [-0.3, -0.25) is 9.59 Å². The van der Waals surface area contributed by atoms with E-state index in [1.54, 1.807) is 0 Å². The van der Waals surface area contributed by atoms with Crippen LogP contribution < -0.4 is 15.5 Å². The second-order valence-corrected chi connectivity index (χ2v) is 6.35. The van der Waals surface area contributed by atoms with Gasteiger partial charge in [0.2, 0.25) is 0 Å². The number of carbonyl (C=O) groups is 2. The Morgan fingerprint density at radius 3 is 2.05 bits per heavy atom. The monoisotopic (exact) mass is 306 g/mol. The van der Waals surface area contributed by atoms with E-state index in [1.807, 2.05) is 41.7 Å². The Morgan fingerprint density at radius 2 is 1.55 bits per heavy atom. The molecule has 0 aromatic heterocycles. The Hall–Kier alpha value is -1.88. The molecule has 1 aromatic rings. The van der Waals surface area contributed by atoms with Crippen LogP contribution in [0.25, 0.3) is 0 Å². The van der Waals surface area contributed by atoms with Crippen LogP contribution in [0, 0.1) is 20.8 Å². The summed E-state index contributed by atoms with van der Waals surface area (Å²) in [5.41, 5.74) is 4.17. The van der Waals surface area contributed by atoms with Gasteiger partial charge in [-0.15, -0.1) is 0 Å². The van der Waals surface area contributed by atoms with Gasteiger partial charge < -0.3 is 15.5 Å². The van der Waals surface area contributed by atoms with Crippen LogP contribution >= 0.6 is 0 Å². The summed E-state index contributed by atoms with van der Waals surface area (Å²) < 4.78 is 0. The molecule has 5 nitrogen and oxygen atoms in total. The molecule has 1 unspecified atom stereocenters. The second-order valence-electron chi connectivity index (χ2n) is 6.35. The molecule has 2 amide bonds. The number of quaternary nitrogens is 1. The highest BCUT2D eigenvalue weighted by atomic mass is 16.2. The lowest BCUT2D eigenvalue weighted by Crippen LogP contribution is -3.11. The molecule has 0 spiro atoms. The van der Waals surface area contributed by atoms with Crippen molar-refractivity contribution in [3.05, 3.63) is 28.8 Å². The smallest absolute Gasteiger partial charge is 0.279 e. The third-order valence-electron chi connectivity index (χ3n) is 3.32. The van der Waals surface area contributed by atoms with Gasteiger partial charge in [0, 0.05) is 11.7 Å². The molecule has 0 radical (unpaired) electrons. The van der Waals surface area contributed by atoms with Crippen molar-refractivity contribution in [2.24, 2.45) is 0 Å². The van der Waals surface area contributed by atoms with E-state index in [1.165, 1.54) is 5.56 Å². The molecule has 1 rings (SSSR count). The summed E-state index contributed by atoms with van der Waals surface area (Å²) in [6, 6.07) is 4.22. The average Bonchev–Trinajstić information content (AvgIpc) is 2.31. The number of hydrogen-bond donors (Lipinski definition) is 3. The standard InChI is InChI=1S/C17H27N3O2/c1-11(2)18-15(21)9-20(6)10-16(22)19-17-13(4)7-12(3)8-14(17)5/h7-8,11H,9-10H2,1-6H3,(H,18,21)(H,19,22)/p+1. The minimum absolute atomic E-state index is 0.0389. The number of rotatable bonds is 6. The molecule has 0 saturated carbocycles. The van der Waals surface area contributed by atoms with E-state index >= 15 is 0 Å². The first-order chi connectivity index (χ1) is 10.2. The maximum atomic E-state index is 12.2. The minimum Gasteiger partial charge on any atom is -0.349 e. The Labute approximate surface area is 133 Å². The lowest BCUT2D eigenvalue weighted by molar-refractivity contribution is -0.862. The van der Waals surface area contributed by atoms with Gasteiger partial charge in [0.1, 0.15) is 0 Å². The van der Waals surface area contributed by atoms with E-state index in [2.05, 4.69) is 22.8 Å². The maximum absolute atomic E-state index is 12.2. The van der Waals surface area contributed by atoms with Crippen molar-refractivity contribution in [1.82, 2.24) is 5.32 Å². The molecule has 0 aliphatic carbocycles. The summed E-state index contributed by atoms with van der Waals surface area (Å²) in [7, 11) is 1.84. The number of likely N-dealkylation sites (N-methyl/N-ethyl adjacent to an activating group) is 1. The largest absolute Gasteiger partial charge is 0.349 e. The highest BCUT2D eigenvalue weighted by Gasteiger charge is 2.16. The third kappa shape index (κ3) is 5.85. The summed E-state index contributed by atoms with van der Waals surface area (Å²) in [5, 5.41) is 5.79.